The van der Waals surface area contributed by atoms with E-state index in [-0.39, 0.29) is 59.4 Å². The molecule has 0 amide bonds. The highest BCUT2D eigenvalue weighted by Crippen LogP contribution is 2.62. The van der Waals surface area contributed by atoms with Crippen LogP contribution in [-0.2, 0) is 10.3 Å². The second-order valence-electron chi connectivity index (χ2n) is 7.00. The van der Waals surface area contributed by atoms with Gasteiger partial charge in [-0.1, -0.05) is 58.5 Å². The van der Waals surface area contributed by atoms with Crippen LogP contribution in [0.5, 0.6) is 23.0 Å². The average Bonchev–Trinajstić information content (AvgIpc) is 3.05. The van der Waals surface area contributed by atoms with Gasteiger partial charge in [0.2, 0.25) is 0 Å². The Morgan fingerprint density at radius 1 is 0.875 bits per heavy atom. The molecule has 0 radical (unpaired) electrons. The second-order valence-corrected chi connectivity index (χ2v) is 8.57. The molecular formula is C21H8Cl4O7. The summed E-state index contributed by atoms with van der Waals surface area (Å²) < 4.78 is 11.6. The molecule has 3 N–H and O–H groups in total. The monoisotopic (exact) mass is 512 g/mol. The standard InChI is InChI=1S/C21H8Cl4O7/c22-10-4-8-17(13(24)15(10)26)31-18-9(5-11(23)16(27)14(18)25)21(8)7-3-1-2-6(19(28)29)12(7)20(30)32-21/h1-5,26-27H,(H,28,29). The van der Waals surface area contributed by atoms with Gasteiger partial charge in [0, 0.05) is 5.56 Å². The molecule has 2 aliphatic heterocycles. The highest BCUT2D eigenvalue weighted by atomic mass is 35.5. The number of carboxylic acids is 1. The fourth-order valence-electron chi connectivity index (χ4n) is 4.04. The van der Waals surface area contributed by atoms with Crippen LogP contribution in [0.4, 0.5) is 0 Å². The molecule has 0 saturated carbocycles. The van der Waals surface area contributed by atoms with E-state index in [2.05, 4.69) is 0 Å². The van der Waals surface area contributed by atoms with Gasteiger partial charge in [-0.05, 0) is 18.2 Å². The number of ether oxygens (including phenoxy) is 2. The number of phenols is 2. The zero-order valence-electron chi connectivity index (χ0n) is 15.4. The maximum atomic E-state index is 13.0. The Balaban J connectivity index is 2.00. The van der Waals surface area contributed by atoms with E-state index in [1.807, 2.05) is 0 Å². The zero-order valence-corrected chi connectivity index (χ0v) is 18.4. The van der Waals surface area contributed by atoms with E-state index in [0.29, 0.717) is 0 Å². The van der Waals surface area contributed by atoms with Crippen molar-refractivity contribution in [3.05, 3.63) is 78.2 Å². The minimum Gasteiger partial charge on any atom is -0.505 e. The topological polar surface area (TPSA) is 113 Å². The van der Waals surface area contributed by atoms with E-state index in [0.717, 1.165) is 0 Å². The molecule has 7 nitrogen and oxygen atoms in total. The molecule has 1 spiro atoms. The van der Waals surface area contributed by atoms with E-state index in [4.69, 9.17) is 55.9 Å². The fraction of sp³-hybridized carbons (Fsp3) is 0.0476. The highest BCUT2D eigenvalue weighted by Gasteiger charge is 2.56. The molecule has 0 fully saturated rings. The number of phenolic OH excluding ortho intramolecular Hbond substituents is 2. The van der Waals surface area contributed by atoms with Crippen LogP contribution in [0.15, 0.2) is 30.3 Å². The molecule has 0 saturated heterocycles. The molecule has 0 aromatic heterocycles. The van der Waals surface area contributed by atoms with Crippen LogP contribution in [0.2, 0.25) is 20.1 Å². The molecule has 0 unspecified atom stereocenters. The number of halogens is 4. The number of rotatable bonds is 1. The minimum absolute atomic E-state index is 0.102. The number of carbonyl (C=O) groups is 2. The van der Waals surface area contributed by atoms with Gasteiger partial charge in [-0.25, -0.2) is 9.59 Å². The Kier molecular flexibility index (Phi) is 4.49. The molecule has 0 bridgehead atoms. The largest absolute Gasteiger partial charge is 0.505 e. The minimum atomic E-state index is -1.83. The number of esters is 1. The molecule has 5 rings (SSSR count). The van der Waals surface area contributed by atoms with Crippen molar-refractivity contribution in [2.75, 3.05) is 0 Å². The van der Waals surface area contributed by atoms with Gasteiger partial charge in [0.25, 0.3) is 0 Å². The summed E-state index contributed by atoms with van der Waals surface area (Å²) in [4.78, 5) is 24.8. The van der Waals surface area contributed by atoms with Crippen molar-refractivity contribution in [3.63, 3.8) is 0 Å². The maximum absolute atomic E-state index is 13.0. The lowest BCUT2D eigenvalue weighted by Crippen LogP contribution is -2.33. The fourth-order valence-corrected chi connectivity index (χ4v) is 5.03. The smallest absolute Gasteiger partial charge is 0.341 e. The number of carboxylic acid groups (broad SMARTS) is 1. The van der Waals surface area contributed by atoms with E-state index in [9.17, 15) is 24.9 Å². The normalized spacial score (nSPS) is 14.9. The molecule has 2 heterocycles. The number of carbonyl (C=O) groups excluding carboxylic acids is 1. The summed E-state index contributed by atoms with van der Waals surface area (Å²) in [6.45, 7) is 0. The number of aromatic hydroxyl groups is 2. The van der Waals surface area contributed by atoms with E-state index >= 15 is 0 Å². The summed E-state index contributed by atoms with van der Waals surface area (Å²) in [6, 6.07) is 6.76. The van der Waals surface area contributed by atoms with Crippen molar-refractivity contribution in [3.8, 4) is 23.0 Å². The summed E-state index contributed by atoms with van der Waals surface area (Å²) >= 11 is 24.9. The van der Waals surface area contributed by atoms with Crippen LogP contribution in [0, 0.1) is 0 Å². The van der Waals surface area contributed by atoms with Gasteiger partial charge in [-0.15, -0.1) is 0 Å². The van der Waals surface area contributed by atoms with Crippen LogP contribution >= 0.6 is 46.4 Å². The lowest BCUT2D eigenvalue weighted by molar-refractivity contribution is 0.0222. The maximum Gasteiger partial charge on any atom is 0.341 e. The van der Waals surface area contributed by atoms with Crippen molar-refractivity contribution < 1.29 is 34.4 Å². The first-order chi connectivity index (χ1) is 15.1. The van der Waals surface area contributed by atoms with Crippen molar-refractivity contribution in [2.45, 2.75) is 5.60 Å². The van der Waals surface area contributed by atoms with Gasteiger partial charge >= 0.3 is 11.9 Å². The molecule has 0 aliphatic carbocycles. The van der Waals surface area contributed by atoms with Crippen molar-refractivity contribution in [1.82, 2.24) is 0 Å². The van der Waals surface area contributed by atoms with Gasteiger partial charge in [-0.3, -0.25) is 0 Å². The lowest BCUT2D eigenvalue weighted by Gasteiger charge is -2.37. The summed E-state index contributed by atoms with van der Waals surface area (Å²) in [6.07, 6.45) is 0. The van der Waals surface area contributed by atoms with E-state index < -0.39 is 29.0 Å². The second kappa shape index (κ2) is 6.83. The Morgan fingerprint density at radius 2 is 1.41 bits per heavy atom. The Labute approximate surface area is 199 Å². The molecule has 162 valence electrons. The third-order valence-electron chi connectivity index (χ3n) is 5.39. The molecule has 2 aliphatic rings. The lowest BCUT2D eigenvalue weighted by atomic mass is 9.77. The Bertz CT molecular complexity index is 1340. The van der Waals surface area contributed by atoms with Crippen molar-refractivity contribution in [1.29, 1.82) is 0 Å². The summed E-state index contributed by atoms with van der Waals surface area (Å²) in [5.41, 5.74) is -1.97. The van der Waals surface area contributed by atoms with Gasteiger partial charge < -0.3 is 24.8 Å². The number of fused-ring (bicyclic) bond motifs is 6. The van der Waals surface area contributed by atoms with Gasteiger partial charge in [0.15, 0.2) is 28.6 Å². The predicted molar refractivity (Wildman–Crippen MR) is 115 cm³/mol. The van der Waals surface area contributed by atoms with Gasteiger partial charge in [0.05, 0.1) is 32.3 Å². The third-order valence-corrected chi connectivity index (χ3v) is 6.66. The molecule has 11 heteroatoms. The summed E-state index contributed by atoms with van der Waals surface area (Å²) in [5, 5.41) is 29.1. The number of aromatic carboxylic acids is 1. The average molecular weight is 514 g/mol. The number of hydrogen-bond donors (Lipinski definition) is 3. The van der Waals surface area contributed by atoms with Crippen LogP contribution in [0.25, 0.3) is 0 Å². The van der Waals surface area contributed by atoms with Crippen molar-refractivity contribution >= 4 is 58.3 Å². The van der Waals surface area contributed by atoms with Crippen LogP contribution in [0.1, 0.15) is 37.4 Å². The molecule has 3 aromatic carbocycles. The molecular weight excluding hydrogens is 506 g/mol. The van der Waals surface area contributed by atoms with Gasteiger partial charge in [-0.2, -0.15) is 0 Å². The third kappa shape index (κ3) is 2.50. The predicted octanol–water partition coefficient (Wildman–Crippen LogP) is 5.98. The van der Waals surface area contributed by atoms with Crippen LogP contribution in [-0.4, -0.2) is 27.3 Å². The number of hydrogen-bond acceptors (Lipinski definition) is 6. The van der Waals surface area contributed by atoms with E-state index in [1.165, 1.54) is 30.3 Å². The Morgan fingerprint density at radius 3 is 1.91 bits per heavy atom. The first-order valence-corrected chi connectivity index (χ1v) is 10.3. The quantitative estimate of drug-likeness (QED) is 0.343. The molecule has 3 aromatic rings. The van der Waals surface area contributed by atoms with Crippen molar-refractivity contribution in [2.24, 2.45) is 0 Å². The molecule has 0 atom stereocenters. The molecule has 32 heavy (non-hydrogen) atoms. The Hall–Kier alpha value is -2.84. The van der Waals surface area contributed by atoms with Crippen LogP contribution in [0.3, 0.4) is 0 Å². The summed E-state index contributed by atoms with van der Waals surface area (Å²) in [5.74, 6) is -3.56. The highest BCUT2D eigenvalue weighted by molar-refractivity contribution is 6.39. The van der Waals surface area contributed by atoms with E-state index in [1.54, 1.807) is 0 Å². The SMILES string of the molecule is O=C(O)c1cccc2c1C(=O)OC21c2cc(Cl)c(O)c(Cl)c2Oc2c1cc(Cl)c(O)c2Cl. The van der Waals surface area contributed by atoms with Crippen LogP contribution < -0.4 is 4.74 Å². The van der Waals surface area contributed by atoms with Gasteiger partial charge in [0.1, 0.15) is 10.0 Å². The first kappa shape index (κ1) is 21.0. The first-order valence-electron chi connectivity index (χ1n) is 8.80. The summed E-state index contributed by atoms with van der Waals surface area (Å²) in [7, 11) is 0. The zero-order chi connectivity index (χ0) is 23.1. The number of benzene rings is 3.